The van der Waals surface area contributed by atoms with Gasteiger partial charge in [-0.2, -0.15) is 0 Å². The lowest BCUT2D eigenvalue weighted by Crippen LogP contribution is -2.29. The number of benzene rings is 2. The molecule has 0 spiro atoms. The minimum Gasteiger partial charge on any atom is -0.507 e. The van der Waals surface area contributed by atoms with E-state index in [0.717, 1.165) is 11.3 Å². The van der Waals surface area contributed by atoms with Crippen molar-refractivity contribution in [2.24, 2.45) is 0 Å². The third-order valence-corrected chi connectivity index (χ3v) is 6.34. The highest BCUT2D eigenvalue weighted by molar-refractivity contribution is 7.15. The van der Waals surface area contributed by atoms with E-state index < -0.39 is 17.7 Å². The number of aromatic hydroxyl groups is 1. The van der Waals surface area contributed by atoms with Crippen LogP contribution in [0.5, 0.6) is 23.0 Å². The molecule has 3 aromatic rings. The molecule has 1 aromatic heterocycles. The van der Waals surface area contributed by atoms with Crippen LogP contribution >= 0.6 is 11.3 Å². The SMILES string of the molecule is COc1cc(C2C(=C(O)c3ccc4c(c3)OCCO4)C(=O)C(=O)N2c2nnc(C)s2)ccc1O. The fraction of sp³-hybridized carbons (Fsp3) is 0.217. The molecule has 11 heteroatoms. The smallest absolute Gasteiger partial charge is 0.301 e. The van der Waals surface area contributed by atoms with Crippen LogP contribution in [0.2, 0.25) is 0 Å². The van der Waals surface area contributed by atoms with E-state index in [1.54, 1.807) is 31.2 Å². The standard InChI is InChI=1S/C23H19N3O7S/c1-11-24-25-23(34-11)26-19(12-3-5-14(27)16(9-12)31-2)18(21(29)22(26)30)20(28)13-4-6-15-17(10-13)33-8-7-32-15/h3-6,9-10,19,27-28H,7-8H2,1-2H3. The molecule has 1 amide bonds. The number of phenols is 1. The van der Waals surface area contributed by atoms with Gasteiger partial charge in [0.2, 0.25) is 5.13 Å². The molecule has 2 N–H and O–H groups in total. The van der Waals surface area contributed by atoms with Crippen LogP contribution in [0.3, 0.4) is 0 Å². The molecular weight excluding hydrogens is 462 g/mol. The lowest BCUT2D eigenvalue weighted by Gasteiger charge is -2.23. The lowest BCUT2D eigenvalue weighted by atomic mass is 9.95. The molecule has 3 heterocycles. The zero-order chi connectivity index (χ0) is 24.0. The van der Waals surface area contributed by atoms with Gasteiger partial charge in [-0.15, -0.1) is 10.2 Å². The summed E-state index contributed by atoms with van der Waals surface area (Å²) in [5, 5.41) is 30.1. The Labute approximate surface area is 197 Å². The van der Waals surface area contributed by atoms with E-state index >= 15 is 0 Å². The largest absolute Gasteiger partial charge is 0.507 e. The van der Waals surface area contributed by atoms with Gasteiger partial charge in [0, 0.05) is 5.56 Å². The molecule has 0 aliphatic carbocycles. The maximum atomic E-state index is 13.2. The third kappa shape index (κ3) is 3.50. The van der Waals surface area contributed by atoms with Gasteiger partial charge in [0.05, 0.1) is 18.7 Å². The van der Waals surface area contributed by atoms with Crippen molar-refractivity contribution in [1.29, 1.82) is 0 Å². The number of aliphatic hydroxyl groups excluding tert-OH is 1. The molecule has 1 unspecified atom stereocenters. The Bertz CT molecular complexity index is 1350. The second kappa shape index (κ2) is 8.34. The number of anilines is 1. The molecular formula is C23H19N3O7S. The molecule has 5 rings (SSSR count). The fourth-order valence-electron chi connectivity index (χ4n) is 3.94. The van der Waals surface area contributed by atoms with Crippen molar-refractivity contribution >= 4 is 33.9 Å². The number of carbonyl (C=O) groups excluding carboxylic acids is 2. The van der Waals surface area contributed by atoms with Crippen LogP contribution in [0.4, 0.5) is 5.13 Å². The van der Waals surface area contributed by atoms with Crippen LogP contribution < -0.4 is 19.1 Å². The number of amides is 1. The number of aryl methyl sites for hydroxylation is 1. The Morgan fingerprint density at radius 1 is 1.12 bits per heavy atom. The molecule has 1 fully saturated rings. The Morgan fingerprint density at radius 3 is 2.59 bits per heavy atom. The number of nitrogens with zero attached hydrogens (tertiary/aromatic N) is 3. The molecule has 0 saturated carbocycles. The van der Waals surface area contributed by atoms with Crippen molar-refractivity contribution in [3.8, 4) is 23.0 Å². The van der Waals surface area contributed by atoms with Crippen molar-refractivity contribution in [3.63, 3.8) is 0 Å². The van der Waals surface area contributed by atoms with E-state index in [0.29, 0.717) is 35.3 Å². The molecule has 174 valence electrons. The number of aromatic nitrogens is 2. The maximum Gasteiger partial charge on any atom is 0.301 e. The second-order valence-electron chi connectivity index (χ2n) is 7.56. The van der Waals surface area contributed by atoms with Gasteiger partial charge in [-0.05, 0) is 42.8 Å². The number of phenolic OH excluding ortho intramolecular Hbond substituents is 1. The highest BCUT2D eigenvalue weighted by Crippen LogP contribution is 2.45. The van der Waals surface area contributed by atoms with Gasteiger partial charge in [-0.1, -0.05) is 17.4 Å². The third-order valence-electron chi connectivity index (χ3n) is 5.50. The molecule has 0 radical (unpaired) electrons. The molecule has 0 bridgehead atoms. The van der Waals surface area contributed by atoms with Gasteiger partial charge >= 0.3 is 5.91 Å². The summed E-state index contributed by atoms with van der Waals surface area (Å²) in [5.41, 5.74) is 0.578. The number of Topliss-reactive ketones (excluding diaryl/α,β-unsaturated/α-hetero) is 1. The maximum absolute atomic E-state index is 13.2. The van der Waals surface area contributed by atoms with Crippen LogP contribution in [0.15, 0.2) is 42.0 Å². The van der Waals surface area contributed by atoms with Gasteiger partial charge < -0.3 is 24.4 Å². The minimum absolute atomic E-state index is 0.109. The number of ether oxygens (including phenoxy) is 3. The quantitative estimate of drug-likeness (QED) is 0.328. The summed E-state index contributed by atoms with van der Waals surface area (Å²) < 4.78 is 16.3. The first kappa shape index (κ1) is 21.7. The first-order chi connectivity index (χ1) is 16.4. The molecule has 2 aliphatic rings. The monoisotopic (exact) mass is 481 g/mol. The van der Waals surface area contributed by atoms with Gasteiger partial charge in [-0.3, -0.25) is 14.5 Å². The Morgan fingerprint density at radius 2 is 1.88 bits per heavy atom. The fourth-order valence-corrected chi connectivity index (χ4v) is 4.65. The van der Waals surface area contributed by atoms with Crippen molar-refractivity contribution in [2.45, 2.75) is 13.0 Å². The van der Waals surface area contributed by atoms with Gasteiger partial charge in [0.1, 0.15) is 24.0 Å². The molecule has 1 atom stereocenters. The number of ketones is 1. The van der Waals surface area contributed by atoms with E-state index in [4.69, 9.17) is 14.2 Å². The average Bonchev–Trinajstić information content (AvgIpc) is 3.39. The molecule has 1 saturated heterocycles. The zero-order valence-corrected chi connectivity index (χ0v) is 19.0. The lowest BCUT2D eigenvalue weighted by molar-refractivity contribution is -0.132. The highest BCUT2D eigenvalue weighted by Gasteiger charge is 2.48. The van der Waals surface area contributed by atoms with Gasteiger partial charge in [-0.25, -0.2) is 0 Å². The summed E-state index contributed by atoms with van der Waals surface area (Å²) >= 11 is 1.14. The first-order valence-corrected chi connectivity index (χ1v) is 11.1. The van der Waals surface area contributed by atoms with Crippen LogP contribution in [-0.4, -0.2) is 52.4 Å². The topological polar surface area (TPSA) is 131 Å². The van der Waals surface area contributed by atoms with E-state index in [1.165, 1.54) is 24.1 Å². The molecule has 2 aliphatic heterocycles. The predicted molar refractivity (Wildman–Crippen MR) is 122 cm³/mol. The van der Waals surface area contributed by atoms with Gasteiger partial charge in [0.25, 0.3) is 5.78 Å². The summed E-state index contributed by atoms with van der Waals surface area (Å²) in [6.45, 7) is 2.49. The first-order valence-electron chi connectivity index (χ1n) is 10.3. The molecule has 2 aromatic carbocycles. The second-order valence-corrected chi connectivity index (χ2v) is 8.72. The van der Waals surface area contributed by atoms with Crippen LogP contribution in [0.25, 0.3) is 5.76 Å². The molecule has 10 nitrogen and oxygen atoms in total. The Kier molecular flexibility index (Phi) is 5.33. The summed E-state index contributed by atoms with van der Waals surface area (Å²) in [4.78, 5) is 27.6. The van der Waals surface area contributed by atoms with Crippen LogP contribution in [0.1, 0.15) is 22.2 Å². The van der Waals surface area contributed by atoms with E-state index in [2.05, 4.69) is 10.2 Å². The number of fused-ring (bicyclic) bond motifs is 1. The number of hydrogen-bond donors (Lipinski definition) is 2. The van der Waals surface area contributed by atoms with Crippen molar-refractivity contribution in [3.05, 3.63) is 58.1 Å². The number of carbonyl (C=O) groups is 2. The van der Waals surface area contributed by atoms with Crippen molar-refractivity contribution in [2.75, 3.05) is 25.2 Å². The summed E-state index contributed by atoms with van der Waals surface area (Å²) in [7, 11) is 1.39. The number of rotatable bonds is 4. The Hall–Kier alpha value is -4.12. The highest BCUT2D eigenvalue weighted by atomic mass is 32.1. The normalized spacial score (nSPS) is 18.9. The van der Waals surface area contributed by atoms with Crippen LogP contribution in [-0.2, 0) is 9.59 Å². The van der Waals surface area contributed by atoms with Crippen LogP contribution in [0, 0.1) is 6.92 Å². The van der Waals surface area contributed by atoms with E-state index in [-0.39, 0.29) is 33.5 Å². The summed E-state index contributed by atoms with van der Waals surface area (Å²) in [5.74, 6) is -1.13. The van der Waals surface area contributed by atoms with E-state index in [1.807, 2.05) is 0 Å². The predicted octanol–water partition coefficient (Wildman–Crippen LogP) is 2.96. The number of hydrogen-bond acceptors (Lipinski definition) is 10. The van der Waals surface area contributed by atoms with E-state index in [9.17, 15) is 19.8 Å². The van der Waals surface area contributed by atoms with Gasteiger partial charge in [0.15, 0.2) is 23.0 Å². The zero-order valence-electron chi connectivity index (χ0n) is 18.1. The number of aliphatic hydroxyl groups is 1. The summed E-state index contributed by atoms with van der Waals surface area (Å²) in [6, 6.07) is 8.18. The number of methoxy groups -OCH3 is 1. The van der Waals surface area contributed by atoms with Crippen molar-refractivity contribution in [1.82, 2.24) is 10.2 Å². The van der Waals surface area contributed by atoms with Crippen molar-refractivity contribution < 1.29 is 34.0 Å². The summed E-state index contributed by atoms with van der Waals surface area (Å²) in [6.07, 6.45) is 0. The minimum atomic E-state index is -1.03. The Balaban J connectivity index is 1.71. The molecule has 34 heavy (non-hydrogen) atoms. The average molecular weight is 481 g/mol.